The second-order valence-corrected chi connectivity index (χ2v) is 3.36. The van der Waals surface area contributed by atoms with Gasteiger partial charge in [-0.05, 0) is 0 Å². The van der Waals surface area contributed by atoms with E-state index in [1.807, 2.05) is 6.07 Å². The van der Waals surface area contributed by atoms with Crippen molar-refractivity contribution in [3.05, 3.63) is 48.6 Å². The van der Waals surface area contributed by atoms with Gasteiger partial charge in [0.2, 0.25) is 0 Å². The number of amides is 1. The van der Waals surface area contributed by atoms with Crippen LogP contribution in [-0.4, -0.2) is 40.1 Å². The van der Waals surface area contributed by atoms with Crippen LogP contribution < -0.4 is 0 Å². The highest BCUT2D eigenvalue weighted by Crippen LogP contribution is 2.03. The van der Waals surface area contributed by atoms with Crippen molar-refractivity contribution in [3.63, 3.8) is 0 Å². The molecule has 0 spiro atoms. The van der Waals surface area contributed by atoms with Crippen LogP contribution in [0.3, 0.4) is 0 Å². The Kier molecular flexibility index (Phi) is 4.75. The Hall–Kier alpha value is -2.30. The molecule has 1 aromatic carbocycles. The minimum atomic E-state index is -1.08. The first-order chi connectivity index (χ1) is 8.19. The minimum Gasteiger partial charge on any atom is -0.465 e. The van der Waals surface area contributed by atoms with Gasteiger partial charge in [0.25, 0.3) is 0 Å². The molecule has 17 heavy (non-hydrogen) atoms. The van der Waals surface area contributed by atoms with Crippen molar-refractivity contribution in [1.82, 2.24) is 4.90 Å². The highest BCUT2D eigenvalue weighted by Gasteiger charge is 2.14. The molecule has 0 aliphatic carbocycles. The van der Waals surface area contributed by atoms with Crippen molar-refractivity contribution in [1.29, 1.82) is 0 Å². The first kappa shape index (κ1) is 12.8. The van der Waals surface area contributed by atoms with E-state index in [1.54, 1.807) is 24.3 Å². The fourth-order valence-corrected chi connectivity index (χ4v) is 1.36. The lowest BCUT2D eigenvalue weighted by Gasteiger charge is -2.17. The second kappa shape index (κ2) is 6.32. The summed E-state index contributed by atoms with van der Waals surface area (Å²) in [5.41, 5.74) is 0.986. The predicted octanol–water partition coefficient (Wildman–Crippen LogP) is 2.03. The normalized spacial score (nSPS) is 10.9. The summed E-state index contributed by atoms with van der Waals surface area (Å²) < 4.78 is 0. The Morgan fingerprint density at radius 3 is 2.53 bits per heavy atom. The number of carboxylic acid groups (broad SMARTS) is 1. The number of oxime groups is 1. The average molecular weight is 234 g/mol. The number of hydrogen-bond donors (Lipinski definition) is 2. The monoisotopic (exact) mass is 234 g/mol. The van der Waals surface area contributed by atoms with Gasteiger partial charge < -0.3 is 10.3 Å². The highest BCUT2D eigenvalue weighted by atomic mass is 16.4. The molecule has 0 fully saturated rings. The molecule has 90 valence electrons. The first-order valence-corrected chi connectivity index (χ1v) is 5.04. The molecular weight excluding hydrogens is 220 g/mol. The van der Waals surface area contributed by atoms with Gasteiger partial charge in [0.05, 0.1) is 6.54 Å². The maximum absolute atomic E-state index is 10.9. The van der Waals surface area contributed by atoms with Gasteiger partial charge >= 0.3 is 6.09 Å². The van der Waals surface area contributed by atoms with Crippen molar-refractivity contribution in [2.24, 2.45) is 5.16 Å². The number of hydrogen-bond acceptors (Lipinski definition) is 3. The van der Waals surface area contributed by atoms with Gasteiger partial charge in [-0.1, -0.05) is 41.6 Å². The van der Waals surface area contributed by atoms with Crippen LogP contribution in [0.1, 0.15) is 5.56 Å². The molecule has 1 rings (SSSR count). The molecule has 2 N–H and O–H groups in total. The van der Waals surface area contributed by atoms with Crippen molar-refractivity contribution >= 4 is 11.8 Å². The van der Waals surface area contributed by atoms with E-state index in [2.05, 4.69) is 11.7 Å². The lowest BCUT2D eigenvalue weighted by molar-refractivity contribution is 0.156. The van der Waals surface area contributed by atoms with E-state index in [9.17, 15) is 4.79 Å². The van der Waals surface area contributed by atoms with E-state index in [0.29, 0.717) is 11.3 Å². The van der Waals surface area contributed by atoms with Crippen LogP contribution in [0.5, 0.6) is 0 Å². The number of benzene rings is 1. The first-order valence-electron chi connectivity index (χ1n) is 5.04. The average Bonchev–Trinajstić information content (AvgIpc) is 2.35. The largest absolute Gasteiger partial charge is 0.465 e. The van der Waals surface area contributed by atoms with Crippen molar-refractivity contribution in [3.8, 4) is 0 Å². The third-order valence-electron chi connectivity index (χ3n) is 2.19. The van der Waals surface area contributed by atoms with Crippen molar-refractivity contribution in [2.75, 3.05) is 13.1 Å². The van der Waals surface area contributed by atoms with Crippen LogP contribution in [0.25, 0.3) is 0 Å². The minimum absolute atomic E-state index is 0.0157. The standard InChI is InChI=1S/C12H14N2O3/c1-2-8-14(12(15)16)9-11(13-17)10-6-4-3-5-7-10/h2-7,17H,1,8-9H2,(H,15,16). The SMILES string of the molecule is C=CCN(CC(=NO)c1ccccc1)C(=O)O. The molecule has 1 aromatic rings. The summed E-state index contributed by atoms with van der Waals surface area (Å²) in [6.45, 7) is 3.68. The molecule has 5 nitrogen and oxygen atoms in total. The quantitative estimate of drug-likeness (QED) is 0.354. The lowest BCUT2D eigenvalue weighted by Crippen LogP contribution is -2.35. The highest BCUT2D eigenvalue weighted by molar-refractivity contribution is 6.02. The Morgan fingerprint density at radius 2 is 2.06 bits per heavy atom. The topological polar surface area (TPSA) is 73.1 Å². The lowest BCUT2D eigenvalue weighted by atomic mass is 10.1. The molecule has 5 heteroatoms. The number of carbonyl (C=O) groups is 1. The van der Waals surface area contributed by atoms with E-state index in [-0.39, 0.29) is 13.1 Å². The summed E-state index contributed by atoms with van der Waals surface area (Å²) in [7, 11) is 0. The third kappa shape index (κ3) is 3.64. The van der Waals surface area contributed by atoms with Crippen LogP contribution in [0.15, 0.2) is 48.1 Å². The van der Waals surface area contributed by atoms with Gasteiger partial charge in [0.15, 0.2) is 0 Å². The van der Waals surface area contributed by atoms with Crippen LogP contribution >= 0.6 is 0 Å². The van der Waals surface area contributed by atoms with Gasteiger partial charge in [-0.25, -0.2) is 4.79 Å². The van der Waals surface area contributed by atoms with E-state index in [4.69, 9.17) is 10.3 Å². The van der Waals surface area contributed by atoms with Gasteiger partial charge in [-0.2, -0.15) is 0 Å². The Bertz CT molecular complexity index is 415. The molecule has 0 aromatic heterocycles. The Morgan fingerprint density at radius 1 is 1.41 bits per heavy atom. The molecule has 0 saturated heterocycles. The van der Waals surface area contributed by atoms with E-state index in [0.717, 1.165) is 4.90 Å². The maximum atomic E-state index is 10.9. The van der Waals surface area contributed by atoms with Crippen LogP contribution in [0.4, 0.5) is 4.79 Å². The second-order valence-electron chi connectivity index (χ2n) is 3.36. The van der Waals surface area contributed by atoms with Crippen molar-refractivity contribution < 1.29 is 15.1 Å². The summed E-state index contributed by atoms with van der Waals surface area (Å²) in [6, 6.07) is 8.92. The molecule has 0 unspecified atom stereocenters. The van der Waals surface area contributed by atoms with Crippen LogP contribution in [-0.2, 0) is 0 Å². The number of nitrogens with zero attached hydrogens (tertiary/aromatic N) is 2. The maximum Gasteiger partial charge on any atom is 0.407 e. The van der Waals surface area contributed by atoms with Crippen molar-refractivity contribution in [2.45, 2.75) is 0 Å². The molecule has 0 saturated carbocycles. The van der Waals surface area contributed by atoms with Gasteiger partial charge in [-0.15, -0.1) is 6.58 Å². The molecule has 0 aliphatic heterocycles. The summed E-state index contributed by atoms with van der Waals surface area (Å²) in [5, 5.41) is 21.0. The fraction of sp³-hybridized carbons (Fsp3) is 0.167. The molecule has 0 atom stereocenters. The van der Waals surface area contributed by atoms with Gasteiger partial charge in [0, 0.05) is 12.1 Å². The van der Waals surface area contributed by atoms with Gasteiger partial charge in [0.1, 0.15) is 5.71 Å². The summed E-state index contributed by atoms with van der Waals surface area (Å²) >= 11 is 0. The third-order valence-corrected chi connectivity index (χ3v) is 2.19. The zero-order chi connectivity index (χ0) is 12.7. The summed E-state index contributed by atoms with van der Waals surface area (Å²) in [6.07, 6.45) is 0.399. The Balaban J connectivity index is 2.83. The number of rotatable bonds is 5. The molecule has 0 bridgehead atoms. The Labute approximate surface area is 99.3 Å². The molecule has 0 aliphatic rings. The van der Waals surface area contributed by atoms with Crippen LogP contribution in [0.2, 0.25) is 0 Å². The summed E-state index contributed by atoms with van der Waals surface area (Å²) in [5.74, 6) is 0. The molecule has 0 radical (unpaired) electrons. The zero-order valence-corrected chi connectivity index (χ0v) is 9.28. The van der Waals surface area contributed by atoms with E-state index in [1.165, 1.54) is 6.08 Å². The zero-order valence-electron chi connectivity index (χ0n) is 9.28. The van der Waals surface area contributed by atoms with E-state index >= 15 is 0 Å². The van der Waals surface area contributed by atoms with Crippen LogP contribution in [0, 0.1) is 0 Å². The fourth-order valence-electron chi connectivity index (χ4n) is 1.36. The van der Waals surface area contributed by atoms with E-state index < -0.39 is 6.09 Å². The predicted molar refractivity (Wildman–Crippen MR) is 64.6 cm³/mol. The molecular formula is C12H14N2O3. The smallest absolute Gasteiger partial charge is 0.407 e. The molecule has 1 amide bonds. The van der Waals surface area contributed by atoms with Gasteiger partial charge in [-0.3, -0.25) is 4.90 Å². The summed E-state index contributed by atoms with van der Waals surface area (Å²) in [4.78, 5) is 12.0. The molecule has 0 heterocycles.